The molecule has 1 aromatic carbocycles. The molecule has 3 rings (SSSR count). The predicted octanol–water partition coefficient (Wildman–Crippen LogP) is 3.75. The second-order valence-electron chi connectivity index (χ2n) is 9.21. The quantitative estimate of drug-likeness (QED) is 0.682. The highest BCUT2D eigenvalue weighted by Gasteiger charge is 2.53. The van der Waals surface area contributed by atoms with Gasteiger partial charge in [0.15, 0.2) is 0 Å². The van der Waals surface area contributed by atoms with Crippen LogP contribution in [0.1, 0.15) is 69.3 Å². The number of nitrogens with zero attached hydrogens (tertiary/aromatic N) is 1. The summed E-state index contributed by atoms with van der Waals surface area (Å²) in [5.74, 6) is 0.451. The minimum absolute atomic E-state index is 0.307. The third-order valence-electron chi connectivity index (χ3n) is 6.46. The van der Waals surface area contributed by atoms with Crippen LogP contribution in [0.25, 0.3) is 0 Å². The van der Waals surface area contributed by atoms with Gasteiger partial charge in [0.1, 0.15) is 5.60 Å². The standard InChI is InChI=1S/C24H34N2O2/c1-6-23(5,27)14-21-13-20(11-12-26-21)24(28,22(4)15-25-16-22)19-9-7-18(8-10-19)17(2)3/h7-13,17,25,27-28H,6,14-16H2,1-5H3/t23?,24-/m0/s1. The Labute approximate surface area is 169 Å². The van der Waals surface area contributed by atoms with Crippen LogP contribution in [0.5, 0.6) is 0 Å². The van der Waals surface area contributed by atoms with Crippen LogP contribution in [-0.4, -0.2) is 33.9 Å². The molecule has 28 heavy (non-hydrogen) atoms. The highest BCUT2D eigenvalue weighted by Crippen LogP contribution is 2.47. The van der Waals surface area contributed by atoms with Gasteiger partial charge in [0, 0.05) is 36.8 Å². The van der Waals surface area contributed by atoms with Crippen LogP contribution in [0.15, 0.2) is 42.6 Å². The van der Waals surface area contributed by atoms with Crippen molar-refractivity contribution in [3.8, 4) is 0 Å². The van der Waals surface area contributed by atoms with E-state index < -0.39 is 11.2 Å². The molecule has 0 saturated carbocycles. The molecule has 1 aromatic heterocycles. The van der Waals surface area contributed by atoms with Crippen molar-refractivity contribution in [1.82, 2.24) is 10.3 Å². The van der Waals surface area contributed by atoms with Crippen LogP contribution in [0.3, 0.4) is 0 Å². The maximum atomic E-state index is 12.1. The lowest BCUT2D eigenvalue weighted by Gasteiger charge is -2.52. The first-order chi connectivity index (χ1) is 13.1. The van der Waals surface area contributed by atoms with E-state index in [9.17, 15) is 10.2 Å². The molecular formula is C24H34N2O2. The fourth-order valence-corrected chi connectivity index (χ4v) is 4.04. The molecule has 0 radical (unpaired) electrons. The van der Waals surface area contributed by atoms with Gasteiger partial charge in [-0.25, -0.2) is 0 Å². The molecule has 152 valence electrons. The Morgan fingerprint density at radius 1 is 1.11 bits per heavy atom. The van der Waals surface area contributed by atoms with E-state index in [1.54, 1.807) is 6.20 Å². The summed E-state index contributed by atoms with van der Waals surface area (Å²) in [6.45, 7) is 11.8. The van der Waals surface area contributed by atoms with Crippen molar-refractivity contribution in [3.63, 3.8) is 0 Å². The molecule has 1 aliphatic rings. The Balaban J connectivity index is 2.06. The highest BCUT2D eigenvalue weighted by molar-refractivity contribution is 5.42. The van der Waals surface area contributed by atoms with Gasteiger partial charge in [0.05, 0.1) is 5.60 Å². The zero-order valence-electron chi connectivity index (χ0n) is 17.8. The van der Waals surface area contributed by atoms with Crippen molar-refractivity contribution in [1.29, 1.82) is 0 Å². The van der Waals surface area contributed by atoms with Gasteiger partial charge in [-0.05, 0) is 48.1 Å². The number of hydrogen-bond acceptors (Lipinski definition) is 4. The van der Waals surface area contributed by atoms with Crippen LogP contribution in [0.4, 0.5) is 0 Å². The zero-order valence-corrected chi connectivity index (χ0v) is 17.8. The normalized spacial score (nSPS) is 20.3. The largest absolute Gasteiger partial charge is 0.390 e. The van der Waals surface area contributed by atoms with Crippen LogP contribution >= 0.6 is 0 Å². The van der Waals surface area contributed by atoms with Crippen molar-refractivity contribution in [2.24, 2.45) is 5.41 Å². The molecule has 0 aliphatic carbocycles. The smallest absolute Gasteiger partial charge is 0.122 e. The van der Waals surface area contributed by atoms with Crippen molar-refractivity contribution < 1.29 is 10.2 Å². The maximum Gasteiger partial charge on any atom is 0.122 e. The summed E-state index contributed by atoms with van der Waals surface area (Å²) in [7, 11) is 0. The second kappa shape index (κ2) is 7.58. The van der Waals surface area contributed by atoms with E-state index in [1.165, 1.54) is 5.56 Å². The van der Waals surface area contributed by atoms with Gasteiger partial charge in [-0.1, -0.05) is 52.0 Å². The number of hydrogen-bond donors (Lipinski definition) is 3. The molecule has 4 heteroatoms. The summed E-state index contributed by atoms with van der Waals surface area (Å²) in [5.41, 5.74) is 1.58. The van der Waals surface area contributed by atoms with Crippen molar-refractivity contribution >= 4 is 0 Å². The SMILES string of the molecule is CCC(C)(O)Cc1cc([C@@](O)(c2ccc(C(C)C)cc2)C2(C)CNC2)ccn1. The first kappa shape index (κ1) is 21.0. The lowest BCUT2D eigenvalue weighted by molar-refractivity contribution is -0.0769. The highest BCUT2D eigenvalue weighted by atomic mass is 16.3. The molecule has 1 aliphatic heterocycles. The summed E-state index contributed by atoms with van der Waals surface area (Å²) in [4.78, 5) is 4.46. The van der Waals surface area contributed by atoms with Gasteiger partial charge in [0.25, 0.3) is 0 Å². The second-order valence-corrected chi connectivity index (χ2v) is 9.21. The number of aliphatic hydroxyl groups is 2. The molecule has 1 unspecified atom stereocenters. The lowest BCUT2D eigenvalue weighted by atomic mass is 9.62. The third-order valence-corrected chi connectivity index (χ3v) is 6.46. The number of rotatable bonds is 7. The maximum absolute atomic E-state index is 12.1. The average Bonchev–Trinajstić information content (AvgIpc) is 2.65. The minimum Gasteiger partial charge on any atom is -0.390 e. The first-order valence-corrected chi connectivity index (χ1v) is 10.3. The molecule has 4 nitrogen and oxygen atoms in total. The average molecular weight is 383 g/mol. The Morgan fingerprint density at radius 2 is 1.75 bits per heavy atom. The molecule has 2 heterocycles. The number of benzene rings is 1. The molecular weight excluding hydrogens is 348 g/mol. The molecule has 3 N–H and O–H groups in total. The minimum atomic E-state index is -1.12. The summed E-state index contributed by atoms with van der Waals surface area (Å²) in [6.07, 6.45) is 2.87. The molecule has 2 atom stereocenters. The third kappa shape index (κ3) is 3.73. The number of pyridine rings is 1. The molecule has 2 aromatic rings. The summed E-state index contributed by atoms with van der Waals surface area (Å²) in [5, 5.41) is 25.9. The van der Waals surface area contributed by atoms with E-state index in [0.29, 0.717) is 18.8 Å². The lowest BCUT2D eigenvalue weighted by Crippen LogP contribution is -2.63. The fraction of sp³-hybridized carbons (Fsp3) is 0.542. The van der Waals surface area contributed by atoms with Gasteiger partial charge >= 0.3 is 0 Å². The molecule has 0 amide bonds. The topological polar surface area (TPSA) is 65.4 Å². The molecule has 0 bridgehead atoms. The van der Waals surface area contributed by atoms with E-state index in [-0.39, 0.29) is 5.41 Å². The Hall–Kier alpha value is -1.75. The predicted molar refractivity (Wildman–Crippen MR) is 113 cm³/mol. The molecule has 1 saturated heterocycles. The Bertz CT molecular complexity index is 810. The fourth-order valence-electron chi connectivity index (χ4n) is 4.04. The van der Waals surface area contributed by atoms with E-state index in [2.05, 4.69) is 55.3 Å². The Morgan fingerprint density at radius 3 is 2.25 bits per heavy atom. The van der Waals surface area contributed by atoms with Crippen LogP contribution in [0.2, 0.25) is 0 Å². The van der Waals surface area contributed by atoms with Crippen molar-refractivity contribution in [3.05, 3.63) is 65.0 Å². The van der Waals surface area contributed by atoms with E-state index >= 15 is 0 Å². The summed E-state index contributed by atoms with van der Waals surface area (Å²) >= 11 is 0. The number of aromatic nitrogens is 1. The van der Waals surface area contributed by atoms with E-state index in [1.807, 2.05) is 26.0 Å². The van der Waals surface area contributed by atoms with Gasteiger partial charge in [0.2, 0.25) is 0 Å². The van der Waals surface area contributed by atoms with E-state index in [4.69, 9.17) is 0 Å². The monoisotopic (exact) mass is 382 g/mol. The zero-order chi connectivity index (χ0) is 20.6. The van der Waals surface area contributed by atoms with Gasteiger partial charge < -0.3 is 15.5 Å². The van der Waals surface area contributed by atoms with Gasteiger partial charge in [-0.15, -0.1) is 0 Å². The summed E-state index contributed by atoms with van der Waals surface area (Å²) < 4.78 is 0. The van der Waals surface area contributed by atoms with Gasteiger partial charge in [-0.3, -0.25) is 4.98 Å². The Kier molecular flexibility index (Phi) is 5.68. The van der Waals surface area contributed by atoms with Crippen molar-refractivity contribution in [2.45, 2.75) is 64.6 Å². The van der Waals surface area contributed by atoms with Gasteiger partial charge in [-0.2, -0.15) is 0 Å². The summed E-state index contributed by atoms with van der Waals surface area (Å²) in [6, 6.07) is 12.2. The van der Waals surface area contributed by atoms with E-state index in [0.717, 1.165) is 29.9 Å². The van der Waals surface area contributed by atoms with Crippen molar-refractivity contribution in [2.75, 3.05) is 13.1 Å². The molecule has 1 fully saturated rings. The van der Waals surface area contributed by atoms with Crippen LogP contribution in [0, 0.1) is 5.41 Å². The number of nitrogens with one attached hydrogen (secondary N) is 1. The molecule has 0 spiro atoms. The first-order valence-electron chi connectivity index (χ1n) is 10.3. The van der Waals surface area contributed by atoms with Crippen LogP contribution in [-0.2, 0) is 12.0 Å². The van der Waals surface area contributed by atoms with Crippen LogP contribution < -0.4 is 5.32 Å².